The highest BCUT2D eigenvalue weighted by atomic mass is 16.5. The van der Waals surface area contributed by atoms with Gasteiger partial charge in [0.15, 0.2) is 0 Å². The van der Waals surface area contributed by atoms with Gasteiger partial charge in [0.05, 0.1) is 12.8 Å². The Morgan fingerprint density at radius 2 is 1.71 bits per heavy atom. The van der Waals surface area contributed by atoms with Crippen molar-refractivity contribution < 1.29 is 14.3 Å². The number of carbonyl (C=O) groups is 2. The molecule has 0 heterocycles. The Morgan fingerprint density at radius 1 is 1.04 bits per heavy atom. The molecule has 0 saturated heterocycles. The second-order valence-corrected chi connectivity index (χ2v) is 5.02. The number of rotatable bonds is 5. The van der Waals surface area contributed by atoms with Gasteiger partial charge in [-0.1, -0.05) is 17.7 Å². The van der Waals surface area contributed by atoms with E-state index in [1.54, 1.807) is 36.4 Å². The fourth-order valence-corrected chi connectivity index (χ4v) is 1.86. The van der Waals surface area contributed by atoms with Gasteiger partial charge in [0.1, 0.15) is 5.75 Å². The minimum absolute atomic E-state index is 0.552. The van der Waals surface area contributed by atoms with Crippen molar-refractivity contribution >= 4 is 23.7 Å². The maximum Gasteiger partial charge on any atom is 0.329 e. The number of hydrogen-bond donors (Lipinski definition) is 2. The highest BCUT2D eigenvalue weighted by molar-refractivity contribution is 6.39. The SMILES string of the molecule is CCOc1ccc(/C=N\NC(=O)C(=O)Nc2ccc(C)cc2)cc1. The van der Waals surface area contributed by atoms with Gasteiger partial charge in [-0.05, 0) is 55.8 Å². The molecule has 6 heteroatoms. The van der Waals surface area contributed by atoms with Crippen molar-refractivity contribution in [2.45, 2.75) is 13.8 Å². The Morgan fingerprint density at radius 3 is 2.33 bits per heavy atom. The molecule has 0 bridgehead atoms. The molecule has 0 aliphatic carbocycles. The highest BCUT2D eigenvalue weighted by Gasteiger charge is 2.12. The Hall–Kier alpha value is -3.15. The lowest BCUT2D eigenvalue weighted by Crippen LogP contribution is -2.32. The number of nitrogens with one attached hydrogen (secondary N) is 2. The summed E-state index contributed by atoms with van der Waals surface area (Å²) in [7, 11) is 0. The molecule has 0 aliphatic rings. The summed E-state index contributed by atoms with van der Waals surface area (Å²) in [6.07, 6.45) is 1.45. The lowest BCUT2D eigenvalue weighted by Gasteiger charge is -2.04. The quantitative estimate of drug-likeness (QED) is 0.503. The maximum atomic E-state index is 11.7. The van der Waals surface area contributed by atoms with Crippen LogP contribution in [0.15, 0.2) is 53.6 Å². The van der Waals surface area contributed by atoms with Crippen molar-refractivity contribution in [1.82, 2.24) is 5.43 Å². The van der Waals surface area contributed by atoms with Crippen molar-refractivity contribution in [3.8, 4) is 5.75 Å². The molecule has 0 fully saturated rings. The molecule has 0 saturated carbocycles. The molecule has 0 atom stereocenters. The van der Waals surface area contributed by atoms with Crippen molar-refractivity contribution in [2.75, 3.05) is 11.9 Å². The smallest absolute Gasteiger partial charge is 0.329 e. The molecule has 0 aromatic heterocycles. The van der Waals surface area contributed by atoms with Crippen LogP contribution >= 0.6 is 0 Å². The van der Waals surface area contributed by atoms with Crippen LogP contribution in [0.5, 0.6) is 5.75 Å². The number of benzene rings is 2. The molecule has 0 unspecified atom stereocenters. The van der Waals surface area contributed by atoms with Crippen LogP contribution in [-0.4, -0.2) is 24.6 Å². The van der Waals surface area contributed by atoms with Crippen LogP contribution < -0.4 is 15.5 Å². The fraction of sp³-hybridized carbons (Fsp3) is 0.167. The second-order valence-electron chi connectivity index (χ2n) is 5.02. The molecule has 2 N–H and O–H groups in total. The first kappa shape index (κ1) is 17.2. The number of carbonyl (C=O) groups excluding carboxylic acids is 2. The van der Waals surface area contributed by atoms with E-state index in [2.05, 4.69) is 15.8 Å². The van der Waals surface area contributed by atoms with Crippen molar-refractivity contribution in [1.29, 1.82) is 0 Å². The second kappa shape index (κ2) is 8.47. The zero-order valence-electron chi connectivity index (χ0n) is 13.6. The van der Waals surface area contributed by atoms with Gasteiger partial charge < -0.3 is 10.1 Å². The van der Waals surface area contributed by atoms with E-state index in [-0.39, 0.29) is 0 Å². The predicted molar refractivity (Wildman–Crippen MR) is 93.2 cm³/mol. The molecule has 0 radical (unpaired) electrons. The summed E-state index contributed by atoms with van der Waals surface area (Å²) in [5, 5.41) is 6.27. The molecule has 24 heavy (non-hydrogen) atoms. The van der Waals surface area contributed by atoms with Crippen LogP contribution in [0.2, 0.25) is 0 Å². The van der Waals surface area contributed by atoms with Crippen LogP contribution in [0.4, 0.5) is 5.69 Å². The van der Waals surface area contributed by atoms with Crippen molar-refractivity contribution in [3.05, 3.63) is 59.7 Å². The van der Waals surface area contributed by atoms with Gasteiger partial charge in [-0.2, -0.15) is 5.10 Å². The number of anilines is 1. The fourth-order valence-electron chi connectivity index (χ4n) is 1.86. The van der Waals surface area contributed by atoms with E-state index in [1.165, 1.54) is 6.21 Å². The van der Waals surface area contributed by atoms with E-state index < -0.39 is 11.8 Å². The Balaban J connectivity index is 1.85. The minimum Gasteiger partial charge on any atom is -0.494 e. The van der Waals surface area contributed by atoms with Gasteiger partial charge in [-0.3, -0.25) is 9.59 Å². The number of amides is 2. The van der Waals surface area contributed by atoms with Crippen LogP contribution in [0.3, 0.4) is 0 Å². The van der Waals surface area contributed by atoms with Gasteiger partial charge in [-0.25, -0.2) is 5.43 Å². The summed E-state index contributed by atoms with van der Waals surface area (Å²) in [6.45, 7) is 4.44. The van der Waals surface area contributed by atoms with E-state index in [9.17, 15) is 9.59 Å². The number of aryl methyl sites for hydroxylation is 1. The van der Waals surface area contributed by atoms with Crippen molar-refractivity contribution in [2.24, 2.45) is 5.10 Å². The van der Waals surface area contributed by atoms with Gasteiger partial charge in [0, 0.05) is 5.69 Å². The number of ether oxygens (including phenoxy) is 1. The summed E-state index contributed by atoms with van der Waals surface area (Å²) in [5.74, 6) is -0.850. The zero-order chi connectivity index (χ0) is 17.4. The highest BCUT2D eigenvalue weighted by Crippen LogP contribution is 2.10. The van der Waals surface area contributed by atoms with E-state index >= 15 is 0 Å². The summed E-state index contributed by atoms with van der Waals surface area (Å²) in [4.78, 5) is 23.4. The van der Waals surface area contributed by atoms with E-state index in [4.69, 9.17) is 4.74 Å². The minimum atomic E-state index is -0.835. The standard InChI is InChI=1S/C18H19N3O3/c1-3-24-16-10-6-14(7-11-16)12-19-21-18(23)17(22)20-15-8-4-13(2)5-9-15/h4-12H,3H2,1-2H3,(H,20,22)(H,21,23)/b19-12-. The first-order valence-corrected chi connectivity index (χ1v) is 7.52. The Labute approximate surface area is 140 Å². The average molecular weight is 325 g/mol. The molecule has 2 aromatic rings. The summed E-state index contributed by atoms with van der Waals surface area (Å²) in [5.41, 5.74) is 4.58. The molecular weight excluding hydrogens is 306 g/mol. The lowest BCUT2D eigenvalue weighted by atomic mass is 10.2. The third-order valence-electron chi connectivity index (χ3n) is 3.09. The third kappa shape index (κ3) is 5.24. The topological polar surface area (TPSA) is 79.8 Å². The summed E-state index contributed by atoms with van der Waals surface area (Å²) in [6, 6.07) is 14.3. The lowest BCUT2D eigenvalue weighted by molar-refractivity contribution is -0.136. The first-order chi connectivity index (χ1) is 11.6. The summed E-state index contributed by atoms with van der Waals surface area (Å²) >= 11 is 0. The predicted octanol–water partition coefficient (Wildman–Crippen LogP) is 2.48. The molecule has 124 valence electrons. The van der Waals surface area contributed by atoms with Crippen LogP contribution in [0, 0.1) is 6.92 Å². The molecule has 2 amide bonds. The molecular formula is C18H19N3O3. The third-order valence-corrected chi connectivity index (χ3v) is 3.09. The normalized spacial score (nSPS) is 10.4. The largest absolute Gasteiger partial charge is 0.494 e. The number of hydrogen-bond acceptors (Lipinski definition) is 4. The van der Waals surface area contributed by atoms with E-state index in [1.807, 2.05) is 26.0 Å². The van der Waals surface area contributed by atoms with Gasteiger partial charge in [0.2, 0.25) is 0 Å². The van der Waals surface area contributed by atoms with Crippen LogP contribution in [-0.2, 0) is 9.59 Å². The Bertz CT molecular complexity index is 722. The van der Waals surface area contributed by atoms with Crippen LogP contribution in [0.25, 0.3) is 0 Å². The van der Waals surface area contributed by atoms with Crippen molar-refractivity contribution in [3.63, 3.8) is 0 Å². The summed E-state index contributed by atoms with van der Waals surface area (Å²) < 4.78 is 5.33. The van der Waals surface area contributed by atoms with Gasteiger partial charge in [-0.15, -0.1) is 0 Å². The van der Waals surface area contributed by atoms with E-state index in [0.29, 0.717) is 12.3 Å². The molecule has 2 aromatic carbocycles. The number of nitrogens with zero attached hydrogens (tertiary/aromatic N) is 1. The zero-order valence-corrected chi connectivity index (χ0v) is 13.6. The average Bonchev–Trinajstić information content (AvgIpc) is 2.58. The molecule has 0 aliphatic heterocycles. The molecule has 2 rings (SSSR count). The van der Waals surface area contributed by atoms with Crippen LogP contribution in [0.1, 0.15) is 18.1 Å². The maximum absolute atomic E-state index is 11.7. The molecule has 6 nitrogen and oxygen atoms in total. The molecule has 0 spiro atoms. The van der Waals surface area contributed by atoms with Gasteiger partial charge in [0.25, 0.3) is 0 Å². The first-order valence-electron chi connectivity index (χ1n) is 7.52. The van der Waals surface area contributed by atoms with E-state index in [0.717, 1.165) is 16.9 Å². The Kier molecular flexibility index (Phi) is 6.08. The monoisotopic (exact) mass is 325 g/mol. The number of hydrazone groups is 1. The van der Waals surface area contributed by atoms with Gasteiger partial charge >= 0.3 is 11.8 Å².